The number of aliphatic hydroxyl groups excluding tert-OH is 1. The first-order chi connectivity index (χ1) is 15.5. The Morgan fingerprint density at radius 2 is 1.62 bits per heavy atom. The van der Waals surface area contributed by atoms with Gasteiger partial charge in [-0.1, -0.05) is 24.3 Å². The monoisotopic (exact) mass is 441 g/mol. The summed E-state index contributed by atoms with van der Waals surface area (Å²) in [6.45, 7) is 0.670. The summed E-state index contributed by atoms with van der Waals surface area (Å²) in [5, 5.41) is 11.2. The Balaban J connectivity index is 2.25. The number of benzene rings is 2. The normalized spacial score (nSPS) is 17.5. The Labute approximate surface area is 187 Å². The van der Waals surface area contributed by atoms with Gasteiger partial charge >= 0.3 is 0 Å². The molecule has 1 amide bonds. The first kappa shape index (κ1) is 23.1. The van der Waals surface area contributed by atoms with Crippen molar-refractivity contribution in [3.8, 4) is 17.2 Å². The summed E-state index contributed by atoms with van der Waals surface area (Å²) in [5.41, 5.74) is 0.806. The molecule has 0 radical (unpaired) electrons. The Morgan fingerprint density at radius 3 is 2.28 bits per heavy atom. The van der Waals surface area contributed by atoms with E-state index in [0.717, 1.165) is 0 Å². The van der Waals surface area contributed by atoms with Crippen molar-refractivity contribution < 1.29 is 33.6 Å². The number of ketones is 1. The quantitative estimate of drug-likeness (QED) is 0.276. The van der Waals surface area contributed by atoms with Crippen molar-refractivity contribution in [2.75, 3.05) is 41.6 Å². The molecule has 0 aromatic heterocycles. The maximum atomic E-state index is 13.1. The van der Waals surface area contributed by atoms with Gasteiger partial charge in [0, 0.05) is 25.8 Å². The average Bonchev–Trinajstić information content (AvgIpc) is 3.07. The SMILES string of the molecule is COCCCN1C(=O)C(=O)/C(=C(/O)c2ccccc2OC)C1c1cccc(OC)c1OC. The molecule has 3 rings (SSSR count). The van der Waals surface area contributed by atoms with Crippen molar-refractivity contribution in [3.05, 3.63) is 59.2 Å². The molecule has 1 N–H and O–H groups in total. The second-order valence-corrected chi connectivity index (χ2v) is 7.12. The minimum Gasteiger partial charge on any atom is -0.507 e. The van der Waals surface area contributed by atoms with Gasteiger partial charge in [-0.05, 0) is 24.6 Å². The standard InChI is InChI=1S/C24H27NO7/c1-29-14-8-13-25-20(16-10-7-12-18(31-3)23(16)32-4)19(22(27)24(25)28)21(26)15-9-5-6-11-17(15)30-2/h5-7,9-12,20,26H,8,13-14H2,1-4H3/b21-19+. The van der Waals surface area contributed by atoms with Crippen molar-refractivity contribution in [2.24, 2.45) is 0 Å². The highest BCUT2D eigenvalue weighted by Crippen LogP contribution is 2.46. The van der Waals surface area contributed by atoms with Gasteiger partial charge in [-0.3, -0.25) is 9.59 Å². The molecule has 1 unspecified atom stereocenters. The number of aliphatic hydroxyl groups is 1. The molecule has 0 saturated carbocycles. The number of hydrogen-bond donors (Lipinski definition) is 1. The van der Waals surface area contributed by atoms with Crippen LogP contribution < -0.4 is 14.2 Å². The molecule has 1 aliphatic rings. The van der Waals surface area contributed by atoms with Gasteiger partial charge in [0.05, 0.1) is 38.5 Å². The van der Waals surface area contributed by atoms with Crippen LogP contribution in [0.25, 0.3) is 5.76 Å². The van der Waals surface area contributed by atoms with Crippen LogP contribution in [0.2, 0.25) is 0 Å². The minimum absolute atomic E-state index is 0.0385. The number of para-hydroxylation sites is 2. The maximum absolute atomic E-state index is 13.1. The molecule has 1 aliphatic heterocycles. The van der Waals surface area contributed by atoms with E-state index in [1.165, 1.54) is 26.2 Å². The summed E-state index contributed by atoms with van der Waals surface area (Å²) in [4.78, 5) is 27.6. The zero-order chi connectivity index (χ0) is 23.3. The van der Waals surface area contributed by atoms with Crippen molar-refractivity contribution in [2.45, 2.75) is 12.5 Å². The van der Waals surface area contributed by atoms with Crippen LogP contribution in [0.4, 0.5) is 0 Å². The second kappa shape index (κ2) is 10.2. The molecule has 8 heteroatoms. The Kier molecular flexibility index (Phi) is 7.37. The van der Waals surface area contributed by atoms with Crippen LogP contribution in [-0.4, -0.2) is 63.3 Å². The minimum atomic E-state index is -0.873. The first-order valence-corrected chi connectivity index (χ1v) is 10.1. The Bertz CT molecular complexity index is 1030. The molecule has 0 aliphatic carbocycles. The van der Waals surface area contributed by atoms with Gasteiger partial charge in [0.15, 0.2) is 11.5 Å². The van der Waals surface area contributed by atoms with E-state index < -0.39 is 17.7 Å². The fourth-order valence-electron chi connectivity index (χ4n) is 3.93. The van der Waals surface area contributed by atoms with E-state index in [9.17, 15) is 14.7 Å². The number of Topliss-reactive ketones (excluding diaryl/α,β-unsaturated/α-hetero) is 1. The molecule has 0 bridgehead atoms. The third-order valence-electron chi connectivity index (χ3n) is 5.38. The van der Waals surface area contributed by atoms with Crippen molar-refractivity contribution in [1.29, 1.82) is 0 Å². The molecule has 8 nitrogen and oxygen atoms in total. The second-order valence-electron chi connectivity index (χ2n) is 7.12. The summed E-state index contributed by atoms with van der Waals surface area (Å²) in [6, 6.07) is 11.1. The molecule has 2 aromatic carbocycles. The Hall–Kier alpha value is -3.52. The number of ether oxygens (including phenoxy) is 4. The van der Waals surface area contributed by atoms with E-state index in [1.807, 2.05) is 0 Å². The molecular weight excluding hydrogens is 414 g/mol. The summed E-state index contributed by atoms with van der Waals surface area (Å²) in [7, 11) is 6.03. The zero-order valence-corrected chi connectivity index (χ0v) is 18.6. The molecule has 1 atom stereocenters. The van der Waals surface area contributed by atoms with Gasteiger partial charge in [-0.15, -0.1) is 0 Å². The van der Waals surface area contributed by atoms with Crippen LogP contribution in [-0.2, 0) is 14.3 Å². The van der Waals surface area contributed by atoms with Gasteiger partial charge in [0.1, 0.15) is 11.5 Å². The molecule has 2 aromatic rings. The fraction of sp³-hybridized carbons (Fsp3) is 0.333. The predicted molar refractivity (Wildman–Crippen MR) is 118 cm³/mol. The molecule has 32 heavy (non-hydrogen) atoms. The average molecular weight is 441 g/mol. The number of likely N-dealkylation sites (tertiary alicyclic amines) is 1. The van der Waals surface area contributed by atoms with Gasteiger partial charge < -0.3 is 29.0 Å². The van der Waals surface area contributed by atoms with Crippen LogP contribution in [0, 0.1) is 0 Å². The highest BCUT2D eigenvalue weighted by Gasteiger charge is 2.47. The number of hydrogen-bond acceptors (Lipinski definition) is 7. The van der Waals surface area contributed by atoms with Gasteiger partial charge in [-0.25, -0.2) is 0 Å². The van der Waals surface area contributed by atoms with Crippen LogP contribution >= 0.6 is 0 Å². The molecule has 1 heterocycles. The van der Waals surface area contributed by atoms with Crippen LogP contribution in [0.5, 0.6) is 17.2 Å². The molecule has 170 valence electrons. The summed E-state index contributed by atoms with van der Waals surface area (Å²) in [6.07, 6.45) is 0.515. The number of carbonyl (C=O) groups excluding carboxylic acids is 2. The highest BCUT2D eigenvalue weighted by atomic mass is 16.5. The van der Waals surface area contributed by atoms with E-state index in [1.54, 1.807) is 49.6 Å². The molecule has 1 fully saturated rings. The van der Waals surface area contributed by atoms with Crippen molar-refractivity contribution in [1.82, 2.24) is 4.90 Å². The fourth-order valence-corrected chi connectivity index (χ4v) is 3.93. The lowest BCUT2D eigenvalue weighted by atomic mass is 9.94. The van der Waals surface area contributed by atoms with Gasteiger partial charge in [0.2, 0.25) is 0 Å². The first-order valence-electron chi connectivity index (χ1n) is 10.1. The maximum Gasteiger partial charge on any atom is 0.295 e. The summed E-state index contributed by atoms with van der Waals surface area (Å²) >= 11 is 0. The predicted octanol–water partition coefficient (Wildman–Crippen LogP) is 3.17. The third-order valence-corrected chi connectivity index (χ3v) is 5.38. The third kappa shape index (κ3) is 4.13. The van der Waals surface area contributed by atoms with Crippen LogP contribution in [0.15, 0.2) is 48.0 Å². The zero-order valence-electron chi connectivity index (χ0n) is 18.6. The molecule has 0 spiro atoms. The van der Waals surface area contributed by atoms with E-state index in [-0.39, 0.29) is 17.9 Å². The number of nitrogens with zero attached hydrogens (tertiary/aromatic N) is 1. The Morgan fingerprint density at radius 1 is 0.938 bits per heavy atom. The number of carbonyl (C=O) groups is 2. The van der Waals surface area contributed by atoms with E-state index >= 15 is 0 Å². The lowest BCUT2D eigenvalue weighted by Gasteiger charge is -2.27. The van der Waals surface area contributed by atoms with E-state index in [4.69, 9.17) is 18.9 Å². The van der Waals surface area contributed by atoms with Crippen molar-refractivity contribution in [3.63, 3.8) is 0 Å². The van der Waals surface area contributed by atoms with Gasteiger partial charge in [-0.2, -0.15) is 0 Å². The smallest absolute Gasteiger partial charge is 0.295 e. The number of methoxy groups -OCH3 is 4. The molecule has 1 saturated heterocycles. The van der Waals surface area contributed by atoms with Crippen molar-refractivity contribution >= 4 is 17.4 Å². The highest BCUT2D eigenvalue weighted by molar-refractivity contribution is 6.46. The van der Waals surface area contributed by atoms with E-state index in [2.05, 4.69) is 0 Å². The number of amides is 1. The van der Waals surface area contributed by atoms with Crippen LogP contribution in [0.1, 0.15) is 23.6 Å². The van der Waals surface area contributed by atoms with E-state index in [0.29, 0.717) is 41.4 Å². The lowest BCUT2D eigenvalue weighted by molar-refractivity contribution is -0.140. The van der Waals surface area contributed by atoms with Crippen LogP contribution in [0.3, 0.4) is 0 Å². The lowest BCUT2D eigenvalue weighted by Crippen LogP contribution is -2.31. The topological polar surface area (TPSA) is 94.5 Å². The van der Waals surface area contributed by atoms with Gasteiger partial charge in [0.25, 0.3) is 11.7 Å². The largest absolute Gasteiger partial charge is 0.507 e. The number of rotatable bonds is 9. The summed E-state index contributed by atoms with van der Waals surface area (Å²) < 4.78 is 21.4. The summed E-state index contributed by atoms with van der Waals surface area (Å²) in [5.74, 6) is -0.584. The molecular formula is C24H27NO7.